The molecule has 4 nitrogen and oxygen atoms in total. The Bertz CT molecular complexity index is 1040. The number of rotatable bonds is 4. The molecule has 0 radical (unpaired) electrons. The molecular formula is C24H21F3N2O2. The summed E-state index contributed by atoms with van der Waals surface area (Å²) in [6.45, 7) is 1.32. The second-order valence-corrected chi connectivity index (χ2v) is 7.44. The predicted octanol–water partition coefficient (Wildman–Crippen LogP) is 4.90. The first kappa shape index (κ1) is 21.1. The third-order valence-corrected chi connectivity index (χ3v) is 5.21. The fourth-order valence-corrected chi connectivity index (χ4v) is 3.60. The molecule has 0 bridgehead atoms. The maximum Gasteiger partial charge on any atom is 0.416 e. The molecule has 0 spiro atoms. The summed E-state index contributed by atoms with van der Waals surface area (Å²) in [5, 5.41) is 0. The highest BCUT2D eigenvalue weighted by Gasteiger charge is 2.30. The van der Waals surface area contributed by atoms with Crippen LogP contribution in [0.4, 0.5) is 13.2 Å². The van der Waals surface area contributed by atoms with Crippen molar-refractivity contribution >= 4 is 5.91 Å². The Kier molecular flexibility index (Phi) is 6.04. The Morgan fingerprint density at radius 3 is 2.55 bits per heavy atom. The minimum atomic E-state index is -4.36. The normalized spacial score (nSPS) is 16.9. The van der Waals surface area contributed by atoms with Crippen LogP contribution < -0.4 is 0 Å². The minimum Gasteiger partial charge on any atom is -0.368 e. The zero-order valence-corrected chi connectivity index (χ0v) is 16.7. The Morgan fingerprint density at radius 2 is 1.84 bits per heavy atom. The van der Waals surface area contributed by atoms with Crippen LogP contribution in [0.15, 0.2) is 72.9 Å². The van der Waals surface area contributed by atoms with Gasteiger partial charge < -0.3 is 9.64 Å². The summed E-state index contributed by atoms with van der Waals surface area (Å²) in [5.74, 6) is -0.0462. The first-order valence-electron chi connectivity index (χ1n) is 9.97. The molecular weight excluding hydrogens is 405 g/mol. The van der Waals surface area contributed by atoms with Crippen LogP contribution in [0.5, 0.6) is 0 Å². The predicted molar refractivity (Wildman–Crippen MR) is 110 cm³/mol. The molecule has 2 heterocycles. The Hall–Kier alpha value is -3.19. The van der Waals surface area contributed by atoms with Crippen molar-refractivity contribution in [1.29, 1.82) is 0 Å². The number of aromatic nitrogens is 1. The van der Waals surface area contributed by atoms with Crippen LogP contribution in [0.1, 0.15) is 38.8 Å². The number of benzene rings is 2. The van der Waals surface area contributed by atoms with Gasteiger partial charge in [-0.25, -0.2) is 0 Å². The van der Waals surface area contributed by atoms with Gasteiger partial charge in [-0.05, 0) is 41.8 Å². The molecule has 1 aliphatic heterocycles. The number of carbonyl (C=O) groups excluding carboxylic acids is 1. The van der Waals surface area contributed by atoms with Gasteiger partial charge in [0.1, 0.15) is 6.10 Å². The number of alkyl halides is 3. The fourth-order valence-electron chi connectivity index (χ4n) is 3.60. The Balaban J connectivity index is 1.43. The van der Waals surface area contributed by atoms with E-state index in [1.807, 2.05) is 30.3 Å². The van der Waals surface area contributed by atoms with Crippen LogP contribution in [-0.4, -0.2) is 35.5 Å². The topological polar surface area (TPSA) is 42.4 Å². The molecule has 1 saturated heterocycles. The van der Waals surface area contributed by atoms with Crippen molar-refractivity contribution in [3.8, 4) is 0 Å². The molecule has 3 aromatic rings. The average Bonchev–Trinajstić information content (AvgIpc) is 2.79. The van der Waals surface area contributed by atoms with Gasteiger partial charge in [0.2, 0.25) is 0 Å². The maximum absolute atomic E-state index is 12.9. The summed E-state index contributed by atoms with van der Waals surface area (Å²) in [6, 6.07) is 18.0. The summed E-state index contributed by atoms with van der Waals surface area (Å²) in [6.07, 6.45) is -2.71. The van der Waals surface area contributed by atoms with Crippen LogP contribution in [0.25, 0.3) is 0 Å². The van der Waals surface area contributed by atoms with E-state index in [-0.39, 0.29) is 12.0 Å². The number of hydrogen-bond acceptors (Lipinski definition) is 3. The molecule has 7 heteroatoms. The lowest BCUT2D eigenvalue weighted by Gasteiger charge is -2.32. The molecule has 1 unspecified atom stereocenters. The van der Waals surface area contributed by atoms with Gasteiger partial charge in [-0.2, -0.15) is 13.2 Å². The third-order valence-electron chi connectivity index (χ3n) is 5.21. The van der Waals surface area contributed by atoms with Gasteiger partial charge in [-0.1, -0.05) is 42.5 Å². The van der Waals surface area contributed by atoms with Crippen molar-refractivity contribution < 1.29 is 22.7 Å². The van der Waals surface area contributed by atoms with Crippen molar-refractivity contribution in [3.63, 3.8) is 0 Å². The molecule has 2 aromatic carbocycles. The van der Waals surface area contributed by atoms with E-state index in [2.05, 4.69) is 4.98 Å². The highest BCUT2D eigenvalue weighted by molar-refractivity contribution is 5.94. The zero-order chi connectivity index (χ0) is 21.8. The lowest BCUT2D eigenvalue weighted by atomic mass is 10.0. The molecule has 1 atom stereocenters. The molecule has 0 aliphatic carbocycles. The van der Waals surface area contributed by atoms with Crippen LogP contribution in [0.2, 0.25) is 0 Å². The van der Waals surface area contributed by atoms with E-state index in [1.54, 1.807) is 29.3 Å². The number of halogens is 3. The summed E-state index contributed by atoms with van der Waals surface area (Å²) in [4.78, 5) is 18.9. The van der Waals surface area contributed by atoms with Gasteiger partial charge >= 0.3 is 6.18 Å². The number of morpholine rings is 1. The quantitative estimate of drug-likeness (QED) is 0.596. The van der Waals surface area contributed by atoms with E-state index in [9.17, 15) is 18.0 Å². The number of nitrogens with zero attached hydrogens (tertiary/aromatic N) is 2. The van der Waals surface area contributed by atoms with Crippen LogP contribution in [-0.2, 0) is 17.3 Å². The molecule has 1 amide bonds. The number of ether oxygens (including phenoxy) is 1. The SMILES string of the molecule is O=C(c1ccccc1)N1CCOC(c2ccc(Cc3cccc(C(F)(F)F)c3)cn2)C1. The Labute approximate surface area is 178 Å². The number of hydrogen-bond donors (Lipinski definition) is 0. The van der Waals surface area contributed by atoms with Crippen molar-refractivity contribution in [2.45, 2.75) is 18.7 Å². The molecule has 4 rings (SSSR count). The second-order valence-electron chi connectivity index (χ2n) is 7.44. The smallest absolute Gasteiger partial charge is 0.368 e. The van der Waals surface area contributed by atoms with E-state index in [1.165, 1.54) is 6.07 Å². The lowest BCUT2D eigenvalue weighted by molar-refractivity contribution is -0.137. The molecule has 160 valence electrons. The van der Waals surface area contributed by atoms with E-state index in [4.69, 9.17) is 4.74 Å². The summed E-state index contributed by atoms with van der Waals surface area (Å²) in [5.41, 5.74) is 2.04. The van der Waals surface area contributed by atoms with Gasteiger partial charge in [0.15, 0.2) is 0 Å². The van der Waals surface area contributed by atoms with E-state index < -0.39 is 11.7 Å². The average molecular weight is 426 g/mol. The van der Waals surface area contributed by atoms with Crippen molar-refractivity contribution in [2.24, 2.45) is 0 Å². The maximum atomic E-state index is 12.9. The standard InChI is InChI=1S/C24H21F3N2O2/c25-24(26,27)20-8-4-5-17(14-20)13-18-9-10-21(28-15-18)22-16-29(11-12-31-22)23(30)19-6-2-1-3-7-19/h1-10,14-15,22H,11-13,16H2. The molecule has 0 saturated carbocycles. The molecule has 31 heavy (non-hydrogen) atoms. The van der Waals surface area contributed by atoms with E-state index in [0.717, 1.165) is 17.7 Å². The van der Waals surface area contributed by atoms with E-state index in [0.29, 0.717) is 42.9 Å². The van der Waals surface area contributed by atoms with Crippen LogP contribution in [0.3, 0.4) is 0 Å². The lowest BCUT2D eigenvalue weighted by Crippen LogP contribution is -2.42. The Morgan fingerprint density at radius 1 is 1.03 bits per heavy atom. The molecule has 1 aromatic heterocycles. The first-order chi connectivity index (χ1) is 14.9. The largest absolute Gasteiger partial charge is 0.416 e. The molecule has 1 aliphatic rings. The third kappa shape index (κ3) is 5.11. The number of carbonyl (C=O) groups is 1. The monoisotopic (exact) mass is 426 g/mol. The summed E-state index contributed by atoms with van der Waals surface area (Å²) >= 11 is 0. The van der Waals surface area contributed by atoms with Crippen LogP contribution >= 0.6 is 0 Å². The number of pyridine rings is 1. The minimum absolute atomic E-state index is 0.0462. The van der Waals surface area contributed by atoms with Crippen molar-refractivity contribution in [2.75, 3.05) is 19.7 Å². The summed E-state index contributed by atoms with van der Waals surface area (Å²) < 4.78 is 44.5. The van der Waals surface area contributed by atoms with Crippen LogP contribution in [0, 0.1) is 0 Å². The highest BCUT2D eigenvalue weighted by Crippen LogP contribution is 2.30. The number of amides is 1. The van der Waals surface area contributed by atoms with Gasteiger partial charge in [0, 0.05) is 18.3 Å². The molecule has 0 N–H and O–H groups in total. The first-order valence-corrected chi connectivity index (χ1v) is 9.97. The van der Waals surface area contributed by atoms with Gasteiger partial charge in [0.25, 0.3) is 5.91 Å². The second kappa shape index (κ2) is 8.89. The summed E-state index contributed by atoms with van der Waals surface area (Å²) in [7, 11) is 0. The van der Waals surface area contributed by atoms with Crippen molar-refractivity contribution in [3.05, 3.63) is 101 Å². The zero-order valence-electron chi connectivity index (χ0n) is 16.7. The van der Waals surface area contributed by atoms with Crippen molar-refractivity contribution in [1.82, 2.24) is 9.88 Å². The fraction of sp³-hybridized carbons (Fsp3) is 0.250. The van der Waals surface area contributed by atoms with Gasteiger partial charge in [-0.3, -0.25) is 9.78 Å². The van der Waals surface area contributed by atoms with Gasteiger partial charge in [-0.15, -0.1) is 0 Å². The highest BCUT2D eigenvalue weighted by atomic mass is 19.4. The van der Waals surface area contributed by atoms with Gasteiger partial charge in [0.05, 0.1) is 24.4 Å². The molecule has 1 fully saturated rings. The van der Waals surface area contributed by atoms with E-state index >= 15 is 0 Å².